The standard InChI is InChI=1S/C13H15N7OS2/c1-19-10(11-4-3-6-22-11)8-9(16-19)12(21)14-5-7-23-13-15-17-18-20(13)2/h3-4,6,8H,5,7H2,1-2H3,(H,14,21). The van der Waals surface area contributed by atoms with Crippen molar-refractivity contribution in [2.75, 3.05) is 12.3 Å². The van der Waals surface area contributed by atoms with Crippen LogP contribution >= 0.6 is 23.1 Å². The molecule has 0 aromatic carbocycles. The Morgan fingerprint density at radius 3 is 2.96 bits per heavy atom. The number of carbonyl (C=O) groups excluding carboxylic acids is 1. The molecular weight excluding hydrogens is 334 g/mol. The second kappa shape index (κ2) is 6.92. The van der Waals surface area contributed by atoms with Crippen molar-refractivity contribution >= 4 is 29.0 Å². The van der Waals surface area contributed by atoms with Gasteiger partial charge in [-0.15, -0.1) is 16.4 Å². The number of amides is 1. The third-order valence-electron chi connectivity index (χ3n) is 3.09. The zero-order chi connectivity index (χ0) is 16.2. The number of hydrogen-bond acceptors (Lipinski definition) is 7. The van der Waals surface area contributed by atoms with E-state index in [-0.39, 0.29) is 5.91 Å². The molecule has 0 bridgehead atoms. The van der Waals surface area contributed by atoms with Crippen LogP contribution in [0.1, 0.15) is 10.5 Å². The maximum atomic E-state index is 12.2. The molecule has 3 heterocycles. The molecule has 0 saturated heterocycles. The summed E-state index contributed by atoms with van der Waals surface area (Å²) in [6, 6.07) is 5.79. The van der Waals surface area contributed by atoms with Crippen molar-refractivity contribution < 1.29 is 4.79 Å². The third-order valence-corrected chi connectivity index (χ3v) is 4.99. The maximum Gasteiger partial charge on any atom is 0.271 e. The van der Waals surface area contributed by atoms with Gasteiger partial charge in [-0.3, -0.25) is 9.48 Å². The highest BCUT2D eigenvalue weighted by Gasteiger charge is 2.14. The minimum Gasteiger partial charge on any atom is -0.350 e. The van der Waals surface area contributed by atoms with Gasteiger partial charge in [-0.1, -0.05) is 17.8 Å². The summed E-state index contributed by atoms with van der Waals surface area (Å²) in [4.78, 5) is 13.3. The molecule has 0 aliphatic carbocycles. The number of thiophene rings is 1. The van der Waals surface area contributed by atoms with E-state index >= 15 is 0 Å². The van der Waals surface area contributed by atoms with E-state index in [2.05, 4.69) is 25.9 Å². The minimum absolute atomic E-state index is 0.180. The SMILES string of the molecule is Cn1nc(C(=O)NCCSc2nnnn2C)cc1-c1cccs1. The van der Waals surface area contributed by atoms with Gasteiger partial charge in [0.25, 0.3) is 5.91 Å². The Morgan fingerprint density at radius 1 is 1.39 bits per heavy atom. The molecule has 0 fully saturated rings. The fraction of sp³-hybridized carbons (Fsp3) is 0.308. The topological polar surface area (TPSA) is 90.5 Å². The molecule has 1 N–H and O–H groups in total. The molecule has 3 rings (SSSR count). The fourth-order valence-corrected chi connectivity index (χ4v) is 3.45. The molecule has 8 nitrogen and oxygen atoms in total. The van der Waals surface area contributed by atoms with E-state index in [0.717, 1.165) is 15.7 Å². The Kier molecular flexibility index (Phi) is 4.72. The lowest BCUT2D eigenvalue weighted by Gasteiger charge is -2.02. The van der Waals surface area contributed by atoms with Crippen LogP contribution < -0.4 is 5.32 Å². The largest absolute Gasteiger partial charge is 0.350 e. The molecule has 10 heteroatoms. The van der Waals surface area contributed by atoms with Gasteiger partial charge in [0.05, 0.1) is 10.6 Å². The number of carbonyl (C=O) groups is 1. The number of aromatic nitrogens is 6. The summed E-state index contributed by atoms with van der Waals surface area (Å²) >= 11 is 3.10. The Labute approximate surface area is 140 Å². The predicted octanol–water partition coefficient (Wildman–Crippen LogP) is 1.19. The second-order valence-electron chi connectivity index (χ2n) is 4.71. The van der Waals surface area contributed by atoms with Crippen molar-refractivity contribution in [2.45, 2.75) is 5.16 Å². The molecule has 3 aromatic heterocycles. The van der Waals surface area contributed by atoms with Crippen molar-refractivity contribution in [1.82, 2.24) is 35.3 Å². The molecular formula is C13H15N7OS2. The zero-order valence-electron chi connectivity index (χ0n) is 12.6. The van der Waals surface area contributed by atoms with Crippen LogP contribution in [0.5, 0.6) is 0 Å². The van der Waals surface area contributed by atoms with Crippen molar-refractivity contribution in [3.05, 3.63) is 29.3 Å². The van der Waals surface area contributed by atoms with Crippen molar-refractivity contribution in [3.63, 3.8) is 0 Å². The molecule has 23 heavy (non-hydrogen) atoms. The summed E-state index contributed by atoms with van der Waals surface area (Å²) in [5.74, 6) is 0.505. The highest BCUT2D eigenvalue weighted by atomic mass is 32.2. The third kappa shape index (κ3) is 3.59. The average molecular weight is 349 g/mol. The summed E-state index contributed by atoms with van der Waals surface area (Å²) in [5.41, 5.74) is 1.35. The van der Waals surface area contributed by atoms with Gasteiger partial charge < -0.3 is 5.32 Å². The molecule has 0 aliphatic heterocycles. The highest BCUT2D eigenvalue weighted by Crippen LogP contribution is 2.24. The molecule has 0 radical (unpaired) electrons. The van der Waals surface area contributed by atoms with Gasteiger partial charge in [0, 0.05) is 26.4 Å². The molecule has 0 atom stereocenters. The Hall–Kier alpha value is -2.20. The van der Waals surface area contributed by atoms with Crippen LogP contribution in [-0.4, -0.2) is 48.2 Å². The smallest absolute Gasteiger partial charge is 0.271 e. The fourth-order valence-electron chi connectivity index (χ4n) is 1.97. The van der Waals surface area contributed by atoms with Gasteiger partial charge in [-0.05, 0) is 27.9 Å². The van der Waals surface area contributed by atoms with Crippen molar-refractivity contribution in [1.29, 1.82) is 0 Å². The van der Waals surface area contributed by atoms with Crippen LogP contribution in [0.3, 0.4) is 0 Å². The average Bonchev–Trinajstić information content (AvgIpc) is 3.25. The number of thioether (sulfide) groups is 1. The molecule has 0 unspecified atom stereocenters. The van der Waals surface area contributed by atoms with E-state index in [4.69, 9.17) is 0 Å². The molecule has 0 saturated carbocycles. The van der Waals surface area contributed by atoms with Gasteiger partial charge in [0.1, 0.15) is 0 Å². The van der Waals surface area contributed by atoms with Crippen molar-refractivity contribution in [2.24, 2.45) is 14.1 Å². The number of tetrazole rings is 1. The highest BCUT2D eigenvalue weighted by molar-refractivity contribution is 7.99. The maximum absolute atomic E-state index is 12.2. The van der Waals surface area contributed by atoms with E-state index in [1.54, 1.807) is 33.8 Å². The van der Waals surface area contributed by atoms with Gasteiger partial charge in [0.15, 0.2) is 5.69 Å². The quantitative estimate of drug-likeness (QED) is 0.531. The van der Waals surface area contributed by atoms with Gasteiger partial charge >= 0.3 is 0 Å². The molecule has 0 aliphatic rings. The van der Waals surface area contributed by atoms with E-state index in [1.165, 1.54) is 11.8 Å². The van der Waals surface area contributed by atoms with E-state index in [9.17, 15) is 4.79 Å². The molecule has 120 valence electrons. The first kappa shape index (κ1) is 15.7. The number of aryl methyl sites for hydroxylation is 2. The van der Waals surface area contributed by atoms with Crippen LogP contribution in [0.2, 0.25) is 0 Å². The van der Waals surface area contributed by atoms with Crippen LogP contribution in [0.4, 0.5) is 0 Å². The van der Waals surface area contributed by atoms with E-state index in [0.29, 0.717) is 18.0 Å². The lowest BCUT2D eigenvalue weighted by atomic mass is 10.3. The van der Waals surface area contributed by atoms with Crippen LogP contribution in [-0.2, 0) is 14.1 Å². The summed E-state index contributed by atoms with van der Waals surface area (Å²) < 4.78 is 3.32. The predicted molar refractivity (Wildman–Crippen MR) is 88.4 cm³/mol. The van der Waals surface area contributed by atoms with Crippen molar-refractivity contribution in [3.8, 4) is 10.6 Å². The van der Waals surface area contributed by atoms with Crippen LogP contribution in [0.25, 0.3) is 10.6 Å². The lowest BCUT2D eigenvalue weighted by Crippen LogP contribution is -2.26. The van der Waals surface area contributed by atoms with Gasteiger partial charge in [0.2, 0.25) is 5.16 Å². The summed E-state index contributed by atoms with van der Waals surface area (Å²) in [6.45, 7) is 0.515. The summed E-state index contributed by atoms with van der Waals surface area (Å²) in [7, 11) is 3.61. The van der Waals surface area contributed by atoms with Crippen LogP contribution in [0, 0.1) is 0 Å². The van der Waals surface area contributed by atoms with Gasteiger partial charge in [-0.25, -0.2) is 4.68 Å². The van der Waals surface area contributed by atoms with Crippen LogP contribution in [0.15, 0.2) is 28.7 Å². The monoisotopic (exact) mass is 349 g/mol. The normalized spacial score (nSPS) is 10.9. The van der Waals surface area contributed by atoms with Gasteiger partial charge in [-0.2, -0.15) is 5.10 Å². The first-order valence-electron chi connectivity index (χ1n) is 6.86. The summed E-state index contributed by atoms with van der Waals surface area (Å²) in [5, 5.41) is 21.0. The number of nitrogens with one attached hydrogen (secondary N) is 1. The number of rotatable bonds is 6. The first-order chi connectivity index (χ1) is 11.1. The Balaban J connectivity index is 1.54. The zero-order valence-corrected chi connectivity index (χ0v) is 14.3. The summed E-state index contributed by atoms with van der Waals surface area (Å²) in [6.07, 6.45) is 0. The Morgan fingerprint density at radius 2 is 2.26 bits per heavy atom. The number of hydrogen-bond donors (Lipinski definition) is 1. The second-order valence-corrected chi connectivity index (χ2v) is 6.71. The number of nitrogens with zero attached hydrogens (tertiary/aromatic N) is 6. The lowest BCUT2D eigenvalue weighted by molar-refractivity contribution is 0.0950. The molecule has 3 aromatic rings. The minimum atomic E-state index is -0.180. The first-order valence-corrected chi connectivity index (χ1v) is 8.73. The molecule has 1 amide bonds. The molecule has 0 spiro atoms. The van der Waals surface area contributed by atoms with E-state index in [1.807, 2.05) is 24.6 Å². The Bertz CT molecular complexity index is 793. The van der Waals surface area contributed by atoms with E-state index < -0.39 is 0 Å².